The smallest absolute Gasteiger partial charge is 0.317 e. The minimum Gasteiger partial charge on any atom is -0.317 e. The van der Waals surface area contributed by atoms with E-state index in [0.29, 0.717) is 5.56 Å². The lowest BCUT2D eigenvalue weighted by Crippen LogP contribution is -2.30. The molecule has 33 heavy (non-hydrogen) atoms. The molecule has 0 saturated carbocycles. The molecule has 1 aliphatic rings. The van der Waals surface area contributed by atoms with Crippen molar-refractivity contribution >= 4 is 34.5 Å². The molecule has 162 valence electrons. The first-order valence-electron chi connectivity index (χ1n) is 10.2. The molecule has 1 aromatic heterocycles. The molecule has 0 bridgehead atoms. The molecule has 4 aromatic rings. The molecule has 0 atom stereocenters. The molecule has 1 fully saturated rings. The fourth-order valence-corrected chi connectivity index (χ4v) is 3.84. The first-order chi connectivity index (χ1) is 16.0. The summed E-state index contributed by atoms with van der Waals surface area (Å²) in [7, 11) is 0. The number of hydrogen-bond donors (Lipinski definition) is 1. The van der Waals surface area contributed by atoms with Gasteiger partial charge in [0.25, 0.3) is 11.6 Å². The van der Waals surface area contributed by atoms with Gasteiger partial charge in [0.15, 0.2) is 0 Å². The number of carbonyl (C=O) groups excluding carboxylic acids is 2. The van der Waals surface area contributed by atoms with E-state index < -0.39 is 16.9 Å². The van der Waals surface area contributed by atoms with E-state index >= 15 is 0 Å². The maximum atomic E-state index is 12.9. The monoisotopic (exact) mass is 438 g/mol. The number of nitro benzene ring substituents is 1. The van der Waals surface area contributed by atoms with Gasteiger partial charge in [-0.25, -0.2) is 4.79 Å². The van der Waals surface area contributed by atoms with Gasteiger partial charge in [-0.3, -0.25) is 19.8 Å². The van der Waals surface area contributed by atoms with Crippen LogP contribution in [-0.2, 0) is 11.3 Å². The van der Waals surface area contributed by atoms with Gasteiger partial charge < -0.3 is 9.88 Å². The summed E-state index contributed by atoms with van der Waals surface area (Å²) >= 11 is 0. The molecule has 3 amide bonds. The second-order valence-electron chi connectivity index (χ2n) is 7.64. The molecule has 2 heterocycles. The molecular weight excluding hydrogens is 420 g/mol. The van der Waals surface area contributed by atoms with E-state index in [0.717, 1.165) is 27.1 Å². The highest BCUT2D eigenvalue weighted by Gasteiger charge is 2.33. The number of rotatable bonds is 5. The third-order valence-corrected chi connectivity index (χ3v) is 5.53. The average molecular weight is 438 g/mol. The summed E-state index contributed by atoms with van der Waals surface area (Å²) in [4.78, 5) is 36.7. The zero-order chi connectivity index (χ0) is 22.9. The number of nitrogens with one attached hydrogen (secondary N) is 1. The largest absolute Gasteiger partial charge is 0.329 e. The SMILES string of the molecule is O=C1N/C(=C\c2cccn2-c2ccc3ccccc3c2)C(=O)N1Cc1ccc([N+](=O)[O-])cc1. The maximum Gasteiger partial charge on any atom is 0.329 e. The van der Waals surface area contributed by atoms with Crippen LogP contribution in [0.15, 0.2) is 90.8 Å². The Kier molecular flexibility index (Phi) is 4.95. The van der Waals surface area contributed by atoms with Crippen LogP contribution in [0, 0.1) is 10.1 Å². The summed E-state index contributed by atoms with van der Waals surface area (Å²) in [5.41, 5.74) is 2.41. The molecule has 8 heteroatoms. The van der Waals surface area contributed by atoms with Crippen LogP contribution in [-0.4, -0.2) is 26.3 Å². The third-order valence-electron chi connectivity index (χ3n) is 5.53. The van der Waals surface area contributed by atoms with E-state index in [-0.39, 0.29) is 17.9 Å². The van der Waals surface area contributed by atoms with E-state index in [1.165, 1.54) is 24.3 Å². The molecule has 5 rings (SSSR count). The Balaban J connectivity index is 1.40. The number of nitro groups is 1. The summed E-state index contributed by atoms with van der Waals surface area (Å²) in [6, 6.07) is 23.1. The van der Waals surface area contributed by atoms with Crippen LogP contribution < -0.4 is 5.32 Å². The lowest BCUT2D eigenvalue weighted by Gasteiger charge is -2.11. The number of benzene rings is 3. The molecule has 1 aliphatic heterocycles. The Morgan fingerprint density at radius 3 is 2.42 bits per heavy atom. The molecule has 0 aliphatic carbocycles. The van der Waals surface area contributed by atoms with Crippen molar-refractivity contribution in [1.29, 1.82) is 0 Å². The van der Waals surface area contributed by atoms with Crippen molar-refractivity contribution in [2.75, 3.05) is 0 Å². The van der Waals surface area contributed by atoms with Gasteiger partial charge in [-0.2, -0.15) is 0 Å². The van der Waals surface area contributed by atoms with Crippen molar-refractivity contribution in [2.24, 2.45) is 0 Å². The van der Waals surface area contributed by atoms with Crippen molar-refractivity contribution in [3.8, 4) is 5.69 Å². The van der Waals surface area contributed by atoms with Crippen molar-refractivity contribution in [3.63, 3.8) is 0 Å². The second-order valence-corrected chi connectivity index (χ2v) is 7.64. The zero-order valence-corrected chi connectivity index (χ0v) is 17.3. The zero-order valence-electron chi connectivity index (χ0n) is 17.3. The van der Waals surface area contributed by atoms with Gasteiger partial charge in [-0.05, 0) is 46.7 Å². The minimum absolute atomic E-state index is 0.0195. The number of hydrogen-bond acceptors (Lipinski definition) is 4. The fourth-order valence-electron chi connectivity index (χ4n) is 3.84. The second kappa shape index (κ2) is 8.08. The van der Waals surface area contributed by atoms with Crippen molar-refractivity contribution < 1.29 is 14.5 Å². The van der Waals surface area contributed by atoms with Crippen LogP contribution in [0.3, 0.4) is 0 Å². The van der Waals surface area contributed by atoms with Gasteiger partial charge in [0.2, 0.25) is 0 Å². The van der Waals surface area contributed by atoms with Crippen molar-refractivity contribution in [2.45, 2.75) is 6.54 Å². The minimum atomic E-state index is -0.534. The lowest BCUT2D eigenvalue weighted by molar-refractivity contribution is -0.384. The van der Waals surface area contributed by atoms with Crippen LogP contribution in [0.2, 0.25) is 0 Å². The molecular formula is C25H18N4O4. The van der Waals surface area contributed by atoms with E-state index in [1.54, 1.807) is 6.08 Å². The summed E-state index contributed by atoms with van der Waals surface area (Å²) in [5, 5.41) is 15.7. The van der Waals surface area contributed by atoms with Crippen molar-refractivity contribution in [3.05, 3.63) is 112 Å². The Morgan fingerprint density at radius 2 is 1.67 bits per heavy atom. The predicted molar refractivity (Wildman–Crippen MR) is 123 cm³/mol. The number of imide groups is 1. The number of non-ortho nitro benzene ring substituents is 1. The Hall–Kier alpha value is -4.72. The molecule has 0 unspecified atom stereocenters. The van der Waals surface area contributed by atoms with Crippen LogP contribution in [0.1, 0.15) is 11.3 Å². The Labute approximate surface area is 188 Å². The average Bonchev–Trinajstić information content (AvgIpc) is 3.39. The summed E-state index contributed by atoms with van der Waals surface area (Å²) in [6.45, 7) is 0.0195. The first kappa shape index (κ1) is 20.2. The molecule has 8 nitrogen and oxygen atoms in total. The van der Waals surface area contributed by atoms with Gasteiger partial charge in [0, 0.05) is 29.7 Å². The van der Waals surface area contributed by atoms with Gasteiger partial charge in [-0.1, -0.05) is 42.5 Å². The fraction of sp³-hybridized carbons (Fsp3) is 0.0400. The number of carbonyl (C=O) groups is 2. The van der Waals surface area contributed by atoms with Crippen LogP contribution in [0.5, 0.6) is 0 Å². The van der Waals surface area contributed by atoms with Crippen molar-refractivity contribution in [1.82, 2.24) is 14.8 Å². The molecule has 1 saturated heterocycles. The number of amides is 3. The van der Waals surface area contributed by atoms with Gasteiger partial charge in [0.1, 0.15) is 5.70 Å². The standard InChI is InChI=1S/C25H18N4O4/c30-24-23(26-25(31)28(24)16-17-7-10-20(11-8-17)29(32)33)15-21-6-3-13-27(21)22-12-9-18-4-1-2-5-19(18)14-22/h1-15H,16H2,(H,26,31)/b23-15-. The number of fused-ring (bicyclic) bond motifs is 1. The Bertz CT molecular complexity index is 1440. The van der Waals surface area contributed by atoms with Gasteiger partial charge in [0.05, 0.1) is 11.5 Å². The molecule has 0 radical (unpaired) electrons. The highest BCUT2D eigenvalue weighted by atomic mass is 16.6. The summed E-state index contributed by atoms with van der Waals surface area (Å²) < 4.78 is 1.94. The number of nitrogens with zero attached hydrogens (tertiary/aromatic N) is 3. The van der Waals surface area contributed by atoms with E-state index in [4.69, 9.17) is 0 Å². The maximum absolute atomic E-state index is 12.9. The number of aromatic nitrogens is 1. The predicted octanol–water partition coefficient (Wildman–Crippen LogP) is 4.63. The third kappa shape index (κ3) is 3.85. The van der Waals surface area contributed by atoms with Gasteiger partial charge in [-0.15, -0.1) is 0 Å². The summed E-state index contributed by atoms with van der Waals surface area (Å²) in [5.74, 6) is -0.454. The van der Waals surface area contributed by atoms with E-state index in [1.807, 2.05) is 59.3 Å². The molecule has 0 spiro atoms. The summed E-state index contributed by atoms with van der Waals surface area (Å²) in [6.07, 6.45) is 3.54. The molecule has 3 aromatic carbocycles. The lowest BCUT2D eigenvalue weighted by atomic mass is 10.1. The normalized spacial score (nSPS) is 14.8. The Morgan fingerprint density at radius 1 is 0.909 bits per heavy atom. The van der Waals surface area contributed by atoms with Crippen LogP contribution in [0.4, 0.5) is 10.5 Å². The topological polar surface area (TPSA) is 97.5 Å². The van der Waals surface area contributed by atoms with Crippen LogP contribution >= 0.6 is 0 Å². The van der Waals surface area contributed by atoms with Crippen LogP contribution in [0.25, 0.3) is 22.5 Å². The highest BCUT2D eigenvalue weighted by molar-refractivity contribution is 6.13. The quantitative estimate of drug-likeness (QED) is 0.213. The van der Waals surface area contributed by atoms with E-state index in [2.05, 4.69) is 11.4 Å². The number of urea groups is 1. The van der Waals surface area contributed by atoms with Gasteiger partial charge >= 0.3 is 6.03 Å². The molecule has 1 N–H and O–H groups in total. The highest BCUT2D eigenvalue weighted by Crippen LogP contribution is 2.23. The van der Waals surface area contributed by atoms with E-state index in [9.17, 15) is 19.7 Å². The first-order valence-corrected chi connectivity index (χ1v) is 10.2.